The number of nitrogens with one attached hydrogen (secondary N) is 1. The molecule has 2 aromatic rings. The lowest BCUT2D eigenvalue weighted by Gasteiger charge is -2.16. The summed E-state index contributed by atoms with van der Waals surface area (Å²) >= 11 is 0. The largest absolute Gasteiger partial charge is 0.469 e. The van der Waals surface area contributed by atoms with Crippen molar-refractivity contribution < 1.29 is 14.3 Å². The zero-order valence-corrected chi connectivity index (χ0v) is 15.3. The topological polar surface area (TPSA) is 81.4 Å². The molecule has 1 atom stereocenters. The molecule has 0 aliphatic carbocycles. The van der Waals surface area contributed by atoms with Crippen LogP contribution in [-0.2, 0) is 27.2 Å². The summed E-state index contributed by atoms with van der Waals surface area (Å²) in [6, 6.07) is 15.5. The molecule has 0 bridgehead atoms. The number of carbonyl (C=O) groups excluding carboxylic acids is 2. The van der Waals surface area contributed by atoms with Crippen LogP contribution in [-0.4, -0.2) is 25.5 Å². The minimum Gasteiger partial charge on any atom is -0.469 e. The Kier molecular flexibility index (Phi) is 7.21. The molecule has 0 aliphatic heterocycles. The molecule has 0 radical (unpaired) electrons. The molecule has 1 amide bonds. The maximum Gasteiger partial charge on any atom is 0.310 e. The smallest absolute Gasteiger partial charge is 0.310 e. The number of nitrogens with two attached hydrogens (primary N) is 1. The Bertz CT molecular complexity index is 758. The lowest BCUT2D eigenvalue weighted by atomic mass is 9.98. The fourth-order valence-electron chi connectivity index (χ4n) is 2.86. The summed E-state index contributed by atoms with van der Waals surface area (Å²) in [4.78, 5) is 24.2. The first-order chi connectivity index (χ1) is 12.5. The number of nitrogen functional groups attached to an aromatic ring is 1. The number of aryl methyl sites for hydroxylation is 2. The molecule has 5 heteroatoms. The zero-order valence-electron chi connectivity index (χ0n) is 15.3. The standard InChI is InChI=1S/C21H26N2O3/c1-15-6-5-7-16(12-15)13-18(21(25)26-2)14-23-20(24)11-10-17-8-3-4-9-19(17)22/h3-9,12,18H,10-11,13-14,22H2,1-2H3,(H,23,24). The van der Waals surface area contributed by atoms with Gasteiger partial charge in [-0.3, -0.25) is 9.59 Å². The van der Waals surface area contributed by atoms with Crippen LogP contribution >= 0.6 is 0 Å². The van der Waals surface area contributed by atoms with Crippen LogP contribution in [0, 0.1) is 12.8 Å². The van der Waals surface area contributed by atoms with Crippen LogP contribution in [0.15, 0.2) is 48.5 Å². The van der Waals surface area contributed by atoms with Gasteiger partial charge in [0.15, 0.2) is 0 Å². The van der Waals surface area contributed by atoms with E-state index in [1.807, 2.05) is 55.5 Å². The molecule has 2 rings (SSSR count). The molecule has 5 nitrogen and oxygen atoms in total. The van der Waals surface area contributed by atoms with E-state index in [-0.39, 0.29) is 18.4 Å². The second-order valence-corrected chi connectivity index (χ2v) is 6.42. The number of rotatable bonds is 8. The van der Waals surface area contributed by atoms with Crippen LogP contribution < -0.4 is 11.1 Å². The van der Waals surface area contributed by atoms with Gasteiger partial charge in [0, 0.05) is 18.7 Å². The molecule has 0 aromatic heterocycles. The Labute approximate surface area is 154 Å². The molecule has 0 aliphatic rings. The van der Waals surface area contributed by atoms with E-state index in [9.17, 15) is 9.59 Å². The fourth-order valence-corrected chi connectivity index (χ4v) is 2.86. The number of ether oxygens (including phenoxy) is 1. The van der Waals surface area contributed by atoms with Gasteiger partial charge in [-0.1, -0.05) is 48.0 Å². The second-order valence-electron chi connectivity index (χ2n) is 6.42. The Hall–Kier alpha value is -2.82. The first-order valence-corrected chi connectivity index (χ1v) is 8.73. The number of benzene rings is 2. The summed E-state index contributed by atoms with van der Waals surface area (Å²) < 4.78 is 4.89. The van der Waals surface area contributed by atoms with Crippen molar-refractivity contribution in [3.63, 3.8) is 0 Å². The van der Waals surface area contributed by atoms with Crippen molar-refractivity contribution in [1.29, 1.82) is 0 Å². The van der Waals surface area contributed by atoms with Crippen molar-refractivity contribution in [3.8, 4) is 0 Å². The highest BCUT2D eigenvalue weighted by Gasteiger charge is 2.20. The maximum atomic E-state index is 12.1. The van der Waals surface area contributed by atoms with Crippen LogP contribution in [0.25, 0.3) is 0 Å². The van der Waals surface area contributed by atoms with E-state index >= 15 is 0 Å². The second kappa shape index (κ2) is 9.61. The van der Waals surface area contributed by atoms with Crippen molar-refractivity contribution in [2.45, 2.75) is 26.2 Å². The normalized spacial score (nSPS) is 11.6. The quantitative estimate of drug-likeness (QED) is 0.564. The van der Waals surface area contributed by atoms with Crippen molar-refractivity contribution in [2.75, 3.05) is 19.4 Å². The molecule has 0 fully saturated rings. The summed E-state index contributed by atoms with van der Waals surface area (Å²) in [5.74, 6) is -0.835. The van der Waals surface area contributed by atoms with Crippen LogP contribution in [0.3, 0.4) is 0 Å². The Morgan fingerprint density at radius 2 is 1.92 bits per heavy atom. The predicted octanol–water partition coefficient (Wildman–Crippen LogP) is 2.66. The van der Waals surface area contributed by atoms with Gasteiger partial charge in [-0.05, 0) is 37.0 Å². The van der Waals surface area contributed by atoms with E-state index in [0.717, 1.165) is 16.7 Å². The van der Waals surface area contributed by atoms with Crippen molar-refractivity contribution in [1.82, 2.24) is 5.32 Å². The summed E-state index contributed by atoms with van der Waals surface area (Å²) in [5, 5.41) is 2.84. The minimum atomic E-state index is -0.410. The van der Waals surface area contributed by atoms with Gasteiger partial charge in [-0.25, -0.2) is 0 Å². The first kappa shape index (κ1) is 19.5. The fraction of sp³-hybridized carbons (Fsp3) is 0.333. The van der Waals surface area contributed by atoms with E-state index in [4.69, 9.17) is 10.5 Å². The summed E-state index contributed by atoms with van der Waals surface area (Å²) in [6.45, 7) is 2.26. The molecule has 1 unspecified atom stereocenters. The number of carbonyl (C=O) groups is 2. The van der Waals surface area contributed by atoms with Gasteiger partial charge in [0.05, 0.1) is 13.0 Å². The van der Waals surface area contributed by atoms with Gasteiger partial charge in [-0.15, -0.1) is 0 Å². The zero-order chi connectivity index (χ0) is 18.9. The lowest BCUT2D eigenvalue weighted by Crippen LogP contribution is -2.34. The van der Waals surface area contributed by atoms with Gasteiger partial charge in [0.2, 0.25) is 5.91 Å². The molecular formula is C21H26N2O3. The third-order valence-corrected chi connectivity index (χ3v) is 4.32. The highest BCUT2D eigenvalue weighted by molar-refractivity contribution is 5.78. The van der Waals surface area contributed by atoms with E-state index in [1.165, 1.54) is 7.11 Å². The van der Waals surface area contributed by atoms with Gasteiger partial charge < -0.3 is 15.8 Å². The number of hydrogen-bond donors (Lipinski definition) is 2. The Morgan fingerprint density at radius 3 is 2.62 bits per heavy atom. The summed E-state index contributed by atoms with van der Waals surface area (Å²) in [6.07, 6.45) is 1.42. The van der Waals surface area contributed by atoms with Crippen LogP contribution in [0.5, 0.6) is 0 Å². The van der Waals surface area contributed by atoms with E-state index in [0.29, 0.717) is 24.9 Å². The molecular weight excluding hydrogens is 328 g/mol. The molecule has 0 spiro atoms. The van der Waals surface area contributed by atoms with Gasteiger partial charge >= 0.3 is 5.97 Å². The van der Waals surface area contributed by atoms with E-state index in [2.05, 4.69) is 5.32 Å². The number of para-hydroxylation sites is 1. The number of methoxy groups -OCH3 is 1. The summed E-state index contributed by atoms with van der Waals surface area (Å²) in [5.41, 5.74) is 9.71. The highest BCUT2D eigenvalue weighted by Crippen LogP contribution is 2.14. The van der Waals surface area contributed by atoms with Crippen molar-refractivity contribution in [2.24, 2.45) is 5.92 Å². The number of esters is 1. The van der Waals surface area contributed by atoms with Gasteiger partial charge in [0.25, 0.3) is 0 Å². The first-order valence-electron chi connectivity index (χ1n) is 8.73. The van der Waals surface area contributed by atoms with Crippen LogP contribution in [0.4, 0.5) is 5.69 Å². The number of anilines is 1. The SMILES string of the molecule is COC(=O)C(CNC(=O)CCc1ccccc1N)Cc1cccc(C)c1. The molecule has 2 aromatic carbocycles. The molecule has 3 N–H and O–H groups in total. The molecule has 0 heterocycles. The monoisotopic (exact) mass is 354 g/mol. The average Bonchev–Trinajstić information content (AvgIpc) is 2.63. The van der Waals surface area contributed by atoms with Crippen LogP contribution in [0.2, 0.25) is 0 Å². The number of hydrogen-bond acceptors (Lipinski definition) is 4. The van der Waals surface area contributed by atoms with Crippen molar-refractivity contribution in [3.05, 3.63) is 65.2 Å². The average molecular weight is 354 g/mol. The van der Waals surface area contributed by atoms with Gasteiger partial charge in [-0.2, -0.15) is 0 Å². The molecule has 138 valence electrons. The Balaban J connectivity index is 1.89. The third-order valence-electron chi connectivity index (χ3n) is 4.32. The number of amides is 1. The highest BCUT2D eigenvalue weighted by atomic mass is 16.5. The molecule has 26 heavy (non-hydrogen) atoms. The molecule has 0 saturated carbocycles. The minimum absolute atomic E-state index is 0.105. The van der Waals surface area contributed by atoms with Crippen molar-refractivity contribution >= 4 is 17.6 Å². The predicted molar refractivity (Wildman–Crippen MR) is 103 cm³/mol. The van der Waals surface area contributed by atoms with Crippen LogP contribution in [0.1, 0.15) is 23.1 Å². The van der Waals surface area contributed by atoms with E-state index < -0.39 is 5.92 Å². The maximum absolute atomic E-state index is 12.1. The summed E-state index contributed by atoms with van der Waals surface area (Å²) in [7, 11) is 1.37. The van der Waals surface area contributed by atoms with Gasteiger partial charge in [0.1, 0.15) is 0 Å². The van der Waals surface area contributed by atoms with E-state index in [1.54, 1.807) is 0 Å². The Morgan fingerprint density at radius 1 is 1.15 bits per heavy atom. The molecule has 0 saturated heterocycles. The lowest BCUT2D eigenvalue weighted by molar-refractivity contribution is -0.145. The third kappa shape index (κ3) is 5.92.